The van der Waals surface area contributed by atoms with Crippen molar-refractivity contribution in [3.63, 3.8) is 0 Å². The fourth-order valence-electron chi connectivity index (χ4n) is 8.48. The molecule has 354 valence electrons. The van der Waals surface area contributed by atoms with Crippen molar-refractivity contribution in [1.82, 2.24) is 30.9 Å². The average Bonchev–Trinajstić information content (AvgIpc) is 4.17. The van der Waals surface area contributed by atoms with E-state index in [1.54, 1.807) is 24.3 Å². The molecule has 6 amide bonds. The van der Waals surface area contributed by atoms with Crippen molar-refractivity contribution in [1.29, 1.82) is 0 Å². The van der Waals surface area contributed by atoms with Gasteiger partial charge in [0.2, 0.25) is 23.6 Å². The first-order valence-electron chi connectivity index (χ1n) is 22.5. The highest BCUT2D eigenvalue weighted by Gasteiger charge is 2.72. The van der Waals surface area contributed by atoms with Crippen LogP contribution in [0.2, 0.25) is 0 Å². The number of nitrogens with one attached hydrogen (secondary N) is 3. The molecule has 20 nitrogen and oxygen atoms in total. The predicted molar refractivity (Wildman–Crippen MR) is 238 cm³/mol. The summed E-state index contributed by atoms with van der Waals surface area (Å²) in [6.45, 7) is -0.0692. The van der Waals surface area contributed by atoms with Crippen LogP contribution < -0.4 is 32.3 Å². The average molecular weight is 906 g/mol. The Kier molecular flexibility index (Phi) is 17.9. The maximum atomic E-state index is 13.8. The summed E-state index contributed by atoms with van der Waals surface area (Å²) in [5, 5.41) is 31.4. The van der Waals surface area contributed by atoms with Crippen LogP contribution in [0.3, 0.4) is 0 Å². The Bertz CT molecular complexity index is 2100. The van der Waals surface area contributed by atoms with Gasteiger partial charge in [0.05, 0.1) is 6.04 Å². The van der Waals surface area contributed by atoms with Crippen LogP contribution in [0.5, 0.6) is 0 Å². The first kappa shape index (κ1) is 50.0. The lowest BCUT2D eigenvalue weighted by molar-refractivity contribution is -0.142. The second kappa shape index (κ2) is 23.3. The number of fused-ring (bicyclic) bond motifs is 1. The molecular weight excluding hydrogens is 843 g/mol. The number of amides is 6. The third-order valence-electron chi connectivity index (χ3n) is 12.2. The van der Waals surface area contributed by atoms with Gasteiger partial charge in [0.15, 0.2) is 5.78 Å². The number of rotatable bonds is 31. The highest BCUT2D eigenvalue weighted by atomic mass is 16.4. The first-order chi connectivity index (χ1) is 31.0. The lowest BCUT2D eigenvalue weighted by Gasteiger charge is -2.29. The molecule has 20 heteroatoms. The van der Waals surface area contributed by atoms with E-state index >= 15 is 0 Å². The van der Waals surface area contributed by atoms with Gasteiger partial charge >= 0.3 is 11.9 Å². The van der Waals surface area contributed by atoms with Crippen molar-refractivity contribution >= 4 is 69.6 Å². The van der Waals surface area contributed by atoms with Gasteiger partial charge in [0.25, 0.3) is 11.8 Å². The number of carbonyl (C=O) groups is 9. The minimum Gasteiger partial charge on any atom is -0.481 e. The van der Waals surface area contributed by atoms with Crippen molar-refractivity contribution < 1.29 is 53.4 Å². The molecule has 2 aromatic carbocycles. The highest BCUT2D eigenvalue weighted by molar-refractivity contribution is 6.26. The van der Waals surface area contributed by atoms with Crippen molar-refractivity contribution in [2.75, 3.05) is 38.6 Å². The molecule has 0 radical (unpaired) electrons. The van der Waals surface area contributed by atoms with E-state index in [1.165, 1.54) is 0 Å². The third-order valence-corrected chi connectivity index (χ3v) is 12.2. The van der Waals surface area contributed by atoms with Crippen LogP contribution in [0, 0.1) is 5.92 Å². The standard InChI is InChI=1S/C45H63N9O11/c1-51(2)32-20-19-30-39-28(32)13-11-14-29(39)43(62)52(44(30)63)24-22-27(41(61)48-23-21-31(45(64)65)50-36(58)17-12-18-38(59)60)25-33(55)40(47)42-53-37(54(42)53)26-49-35(57)16-10-8-6-4-3-5-7-9-15-34(46)56/h11,13-14,19-20,27,31,37,40,42H,3-10,12,15-18,21-26,47H2,1-2H3,(H2,46,56)(H,48,61)(H,49,57)(H,50,58)(H,59,60)(H,64,65)/t27-,31+,37?,40+,42?,53?,54?/m0/s1. The third kappa shape index (κ3) is 13.5. The Morgan fingerprint density at radius 2 is 1.37 bits per heavy atom. The monoisotopic (exact) mass is 905 g/mol. The Morgan fingerprint density at radius 3 is 1.98 bits per heavy atom. The highest BCUT2D eigenvalue weighted by Crippen LogP contribution is 2.49. The molecule has 3 aliphatic heterocycles. The van der Waals surface area contributed by atoms with Crippen molar-refractivity contribution in [2.24, 2.45) is 17.4 Å². The van der Waals surface area contributed by atoms with E-state index in [0.717, 1.165) is 67.3 Å². The Balaban J connectivity index is 1.13. The maximum absolute atomic E-state index is 13.8. The zero-order chi connectivity index (χ0) is 47.4. The summed E-state index contributed by atoms with van der Waals surface area (Å²) < 4.78 is 0. The summed E-state index contributed by atoms with van der Waals surface area (Å²) in [6, 6.07) is 6.26. The van der Waals surface area contributed by atoms with E-state index in [2.05, 4.69) is 16.0 Å². The van der Waals surface area contributed by atoms with Crippen LogP contribution in [0.15, 0.2) is 30.3 Å². The fourth-order valence-corrected chi connectivity index (χ4v) is 8.48. The largest absolute Gasteiger partial charge is 0.481 e. The molecule has 0 bridgehead atoms. The molecular formula is C45H63N9O11. The van der Waals surface area contributed by atoms with E-state index in [9.17, 15) is 48.3 Å². The Hall–Kier alpha value is -5.99. The minimum atomic E-state index is -1.39. The van der Waals surface area contributed by atoms with Crippen LogP contribution >= 0.6 is 0 Å². The van der Waals surface area contributed by atoms with Gasteiger partial charge in [-0.2, -0.15) is 10.0 Å². The number of carboxylic acids is 2. The van der Waals surface area contributed by atoms with Gasteiger partial charge in [-0.25, -0.2) is 4.79 Å². The molecule has 0 aromatic heterocycles. The number of imide groups is 1. The van der Waals surface area contributed by atoms with Crippen LogP contribution in [0.4, 0.5) is 5.69 Å². The number of unbranched alkanes of at least 4 members (excludes halogenated alkanes) is 7. The number of carboxylic acid groups (broad SMARTS) is 2. The zero-order valence-corrected chi connectivity index (χ0v) is 37.2. The Labute approximate surface area is 377 Å². The van der Waals surface area contributed by atoms with Gasteiger partial charge in [0.1, 0.15) is 18.4 Å². The number of hydrogen-bond donors (Lipinski definition) is 7. The summed E-state index contributed by atoms with van der Waals surface area (Å²) in [7, 11) is 3.72. The summed E-state index contributed by atoms with van der Waals surface area (Å²) in [5.74, 6) is -6.72. The predicted octanol–water partition coefficient (Wildman–Crippen LogP) is 1.83. The minimum absolute atomic E-state index is 0.0149. The molecule has 2 unspecified atom stereocenters. The number of ketones is 1. The number of hydrazine groups is 1. The lowest BCUT2D eigenvalue weighted by Crippen LogP contribution is -2.48. The second-order valence-corrected chi connectivity index (χ2v) is 17.2. The van der Waals surface area contributed by atoms with Gasteiger partial charge in [-0.1, -0.05) is 50.7 Å². The molecule has 2 fully saturated rings. The van der Waals surface area contributed by atoms with Crippen molar-refractivity contribution in [3.05, 3.63) is 41.5 Å². The lowest BCUT2D eigenvalue weighted by atomic mass is 9.91. The van der Waals surface area contributed by atoms with E-state index < -0.39 is 65.5 Å². The molecule has 0 saturated carbocycles. The van der Waals surface area contributed by atoms with Crippen molar-refractivity contribution in [2.45, 2.75) is 127 Å². The van der Waals surface area contributed by atoms with Gasteiger partial charge in [0, 0.05) is 99.3 Å². The normalized spacial score (nSPS) is 19.4. The first-order valence-corrected chi connectivity index (χ1v) is 22.5. The van der Waals surface area contributed by atoms with Crippen molar-refractivity contribution in [3.8, 4) is 0 Å². The number of benzene rings is 2. The van der Waals surface area contributed by atoms with Gasteiger partial charge in [-0.3, -0.25) is 43.3 Å². The SMILES string of the molecule is CN(C)c1ccc2c3c(cccc13)C(=O)N(CC[C@@H](CC(=O)[C@@H](N)C1N3C(CNC(=O)CCCCCCCCCCC(N)=O)N13)C(=O)NCC[C@@H](NC(=O)CCCC(=O)O)C(=O)O)C2=O. The molecule has 65 heavy (non-hydrogen) atoms. The molecule has 5 atom stereocenters. The number of primary amides is 1. The van der Waals surface area contributed by atoms with E-state index in [0.29, 0.717) is 35.9 Å². The van der Waals surface area contributed by atoms with Crippen LogP contribution in [-0.4, -0.2) is 136 Å². The molecule has 5 rings (SSSR count). The number of hydrogen-bond acceptors (Lipinski definition) is 13. The smallest absolute Gasteiger partial charge is 0.326 e. The van der Waals surface area contributed by atoms with Crippen LogP contribution in [0.25, 0.3) is 10.8 Å². The van der Waals surface area contributed by atoms with Gasteiger partial charge in [-0.05, 0) is 50.3 Å². The number of aliphatic carboxylic acids is 2. The van der Waals surface area contributed by atoms with Gasteiger partial charge in [-0.15, -0.1) is 0 Å². The molecule has 3 heterocycles. The molecule has 0 spiro atoms. The molecule has 2 aromatic rings. The number of anilines is 1. The van der Waals surface area contributed by atoms with E-state index in [4.69, 9.17) is 16.6 Å². The number of nitrogens with zero attached hydrogens (tertiary/aromatic N) is 4. The molecule has 0 aliphatic carbocycles. The maximum Gasteiger partial charge on any atom is 0.326 e. The summed E-state index contributed by atoms with van der Waals surface area (Å²) in [5.41, 5.74) is 13.1. The molecule has 2 saturated heterocycles. The van der Waals surface area contributed by atoms with Crippen LogP contribution in [-0.2, 0) is 33.6 Å². The van der Waals surface area contributed by atoms with E-state index in [-0.39, 0.29) is 69.6 Å². The van der Waals surface area contributed by atoms with E-state index in [1.807, 2.05) is 35.1 Å². The topological polar surface area (TPSA) is 295 Å². The number of Topliss-reactive ketones (excluding diaryl/α,β-unsaturated/α-hetero) is 1. The zero-order valence-electron chi connectivity index (χ0n) is 37.2. The quantitative estimate of drug-likeness (QED) is 0.0323. The fraction of sp³-hybridized carbons (Fsp3) is 0.578. The summed E-state index contributed by atoms with van der Waals surface area (Å²) in [6.07, 6.45) is 6.95. The number of carbonyl (C=O) groups excluding carboxylic acids is 7. The number of nitrogens with two attached hydrogens (primary N) is 2. The van der Waals surface area contributed by atoms with Gasteiger partial charge < -0.3 is 42.5 Å². The molecule has 3 aliphatic rings. The second-order valence-electron chi connectivity index (χ2n) is 17.2. The summed E-state index contributed by atoms with van der Waals surface area (Å²) in [4.78, 5) is 116. The summed E-state index contributed by atoms with van der Waals surface area (Å²) >= 11 is 0. The molecule has 9 N–H and O–H groups in total. The Morgan fingerprint density at radius 1 is 0.754 bits per heavy atom. The van der Waals surface area contributed by atoms with Crippen LogP contribution in [0.1, 0.15) is 123 Å².